The standard InChI is InChI=1S/C17H30ClNO3/c1-3-4-5-6-7-8-13-22-17(21)15-9-11-19(12-10-15)16(20)14(2)18/h14-15H,3-13H2,1-2H3. The second kappa shape index (κ2) is 10.9. The summed E-state index contributed by atoms with van der Waals surface area (Å²) in [7, 11) is 0. The number of rotatable bonds is 9. The summed E-state index contributed by atoms with van der Waals surface area (Å²) in [6.07, 6.45) is 8.49. The lowest BCUT2D eigenvalue weighted by Gasteiger charge is -2.31. The highest BCUT2D eigenvalue weighted by molar-refractivity contribution is 6.30. The van der Waals surface area contributed by atoms with Gasteiger partial charge in [-0.2, -0.15) is 0 Å². The number of carbonyl (C=O) groups is 2. The molecule has 5 heteroatoms. The number of halogens is 1. The summed E-state index contributed by atoms with van der Waals surface area (Å²) < 4.78 is 5.36. The Morgan fingerprint density at radius 1 is 1.14 bits per heavy atom. The van der Waals surface area contributed by atoms with Crippen LogP contribution in [0, 0.1) is 5.92 Å². The van der Waals surface area contributed by atoms with Gasteiger partial charge < -0.3 is 9.64 Å². The molecular weight excluding hydrogens is 302 g/mol. The number of hydrogen-bond acceptors (Lipinski definition) is 3. The predicted molar refractivity (Wildman–Crippen MR) is 89.0 cm³/mol. The van der Waals surface area contributed by atoms with Crippen molar-refractivity contribution in [1.29, 1.82) is 0 Å². The van der Waals surface area contributed by atoms with Crippen molar-refractivity contribution in [2.24, 2.45) is 5.92 Å². The lowest BCUT2D eigenvalue weighted by molar-refractivity contribution is -0.151. The van der Waals surface area contributed by atoms with E-state index >= 15 is 0 Å². The van der Waals surface area contributed by atoms with E-state index in [2.05, 4.69) is 6.92 Å². The third kappa shape index (κ3) is 6.99. The minimum absolute atomic E-state index is 0.0411. The van der Waals surface area contributed by atoms with Gasteiger partial charge in [0, 0.05) is 13.1 Å². The van der Waals surface area contributed by atoms with Gasteiger partial charge in [0.15, 0.2) is 0 Å². The third-order valence-corrected chi connectivity index (χ3v) is 4.41. The van der Waals surface area contributed by atoms with Crippen molar-refractivity contribution in [3.63, 3.8) is 0 Å². The van der Waals surface area contributed by atoms with Gasteiger partial charge in [0.1, 0.15) is 5.38 Å². The van der Waals surface area contributed by atoms with Crippen molar-refractivity contribution >= 4 is 23.5 Å². The van der Waals surface area contributed by atoms with E-state index in [4.69, 9.17) is 16.3 Å². The molecule has 1 saturated heterocycles. The van der Waals surface area contributed by atoms with Gasteiger partial charge in [0.2, 0.25) is 5.91 Å². The van der Waals surface area contributed by atoms with Gasteiger partial charge >= 0.3 is 5.97 Å². The Morgan fingerprint density at radius 2 is 1.73 bits per heavy atom. The maximum Gasteiger partial charge on any atom is 0.309 e. The maximum atomic E-state index is 12.0. The highest BCUT2D eigenvalue weighted by Gasteiger charge is 2.29. The Morgan fingerprint density at radius 3 is 2.32 bits per heavy atom. The molecule has 1 amide bonds. The van der Waals surface area contributed by atoms with Crippen molar-refractivity contribution in [3.05, 3.63) is 0 Å². The van der Waals surface area contributed by atoms with E-state index in [1.165, 1.54) is 25.7 Å². The lowest BCUT2D eigenvalue weighted by Crippen LogP contribution is -2.43. The average molecular weight is 332 g/mol. The Kier molecular flexibility index (Phi) is 9.53. The lowest BCUT2D eigenvalue weighted by atomic mass is 9.97. The largest absolute Gasteiger partial charge is 0.465 e. The number of ether oxygens (including phenoxy) is 1. The number of esters is 1. The van der Waals surface area contributed by atoms with E-state index in [0.717, 1.165) is 12.8 Å². The fraction of sp³-hybridized carbons (Fsp3) is 0.882. The Hall–Kier alpha value is -0.770. The zero-order chi connectivity index (χ0) is 16.4. The minimum atomic E-state index is -0.490. The van der Waals surface area contributed by atoms with Gasteiger partial charge in [-0.3, -0.25) is 9.59 Å². The molecule has 0 aliphatic carbocycles. The molecule has 0 aromatic rings. The topological polar surface area (TPSA) is 46.6 Å². The Bertz CT molecular complexity index is 339. The molecule has 1 rings (SSSR count). The molecule has 0 bridgehead atoms. The molecule has 22 heavy (non-hydrogen) atoms. The molecule has 128 valence electrons. The monoisotopic (exact) mass is 331 g/mol. The van der Waals surface area contributed by atoms with Crippen LogP contribution in [0.3, 0.4) is 0 Å². The molecule has 0 aromatic carbocycles. The van der Waals surface area contributed by atoms with Crippen LogP contribution in [0.4, 0.5) is 0 Å². The van der Waals surface area contributed by atoms with E-state index < -0.39 is 5.38 Å². The van der Waals surface area contributed by atoms with E-state index in [9.17, 15) is 9.59 Å². The predicted octanol–water partition coefficient (Wildman–Crippen LogP) is 3.76. The molecule has 0 saturated carbocycles. The minimum Gasteiger partial charge on any atom is -0.465 e. The summed E-state index contributed by atoms with van der Waals surface area (Å²) >= 11 is 5.81. The van der Waals surface area contributed by atoms with Crippen LogP contribution in [0.2, 0.25) is 0 Å². The van der Waals surface area contributed by atoms with Crippen molar-refractivity contribution < 1.29 is 14.3 Å². The summed E-state index contributed by atoms with van der Waals surface area (Å²) in [6.45, 7) is 5.63. The molecule has 1 heterocycles. The number of carbonyl (C=O) groups excluding carboxylic acids is 2. The molecule has 1 unspecified atom stereocenters. The first-order valence-corrected chi connectivity index (χ1v) is 9.09. The van der Waals surface area contributed by atoms with Gasteiger partial charge in [-0.05, 0) is 26.2 Å². The number of amides is 1. The summed E-state index contributed by atoms with van der Waals surface area (Å²) in [5.41, 5.74) is 0. The third-order valence-electron chi connectivity index (χ3n) is 4.22. The number of nitrogens with zero attached hydrogens (tertiary/aromatic N) is 1. The van der Waals surface area contributed by atoms with Crippen LogP contribution >= 0.6 is 11.6 Å². The number of piperidine rings is 1. The smallest absolute Gasteiger partial charge is 0.309 e. The van der Waals surface area contributed by atoms with Crippen LogP contribution in [0.15, 0.2) is 0 Å². The van der Waals surface area contributed by atoms with Crippen molar-refractivity contribution in [2.75, 3.05) is 19.7 Å². The first-order chi connectivity index (χ1) is 10.6. The molecule has 0 radical (unpaired) electrons. The highest BCUT2D eigenvalue weighted by Crippen LogP contribution is 2.20. The number of likely N-dealkylation sites (tertiary alicyclic amines) is 1. The van der Waals surface area contributed by atoms with Crippen molar-refractivity contribution in [2.45, 2.75) is 70.6 Å². The molecule has 0 aromatic heterocycles. The summed E-state index contributed by atoms with van der Waals surface area (Å²) in [4.78, 5) is 25.5. The molecule has 1 fully saturated rings. The first kappa shape index (κ1) is 19.3. The molecule has 4 nitrogen and oxygen atoms in total. The van der Waals surface area contributed by atoms with E-state index in [1.54, 1.807) is 11.8 Å². The molecule has 1 aliphatic rings. The summed E-state index contributed by atoms with van der Waals surface area (Å²) in [5.74, 6) is -0.199. The quantitative estimate of drug-likeness (QED) is 0.367. The van der Waals surface area contributed by atoms with Crippen LogP contribution in [0.25, 0.3) is 0 Å². The van der Waals surface area contributed by atoms with Gasteiger partial charge in [-0.1, -0.05) is 39.0 Å². The summed E-state index contributed by atoms with van der Waals surface area (Å²) in [6, 6.07) is 0. The van der Waals surface area contributed by atoms with Gasteiger partial charge in [0.05, 0.1) is 12.5 Å². The van der Waals surface area contributed by atoms with Gasteiger partial charge in [-0.25, -0.2) is 0 Å². The van der Waals surface area contributed by atoms with E-state index in [0.29, 0.717) is 32.5 Å². The SMILES string of the molecule is CCCCCCCCOC(=O)C1CCN(C(=O)C(C)Cl)CC1. The molecule has 1 aliphatic heterocycles. The Labute approximate surface area is 139 Å². The second-order valence-corrected chi connectivity index (χ2v) is 6.81. The van der Waals surface area contributed by atoms with Gasteiger partial charge in [-0.15, -0.1) is 11.6 Å². The first-order valence-electron chi connectivity index (χ1n) is 8.65. The van der Waals surface area contributed by atoms with E-state index in [-0.39, 0.29) is 17.8 Å². The average Bonchev–Trinajstić information content (AvgIpc) is 2.53. The number of hydrogen-bond donors (Lipinski definition) is 0. The zero-order valence-electron chi connectivity index (χ0n) is 14.0. The maximum absolute atomic E-state index is 12.0. The van der Waals surface area contributed by atoms with Crippen LogP contribution in [-0.4, -0.2) is 41.8 Å². The number of unbranched alkanes of at least 4 members (excludes halogenated alkanes) is 5. The second-order valence-electron chi connectivity index (χ2n) is 6.15. The molecule has 1 atom stereocenters. The fourth-order valence-corrected chi connectivity index (χ4v) is 2.90. The zero-order valence-corrected chi connectivity index (χ0v) is 14.7. The molecule has 0 N–H and O–H groups in total. The normalized spacial score (nSPS) is 17.3. The van der Waals surface area contributed by atoms with Crippen molar-refractivity contribution in [3.8, 4) is 0 Å². The molecular formula is C17H30ClNO3. The van der Waals surface area contributed by atoms with Crippen LogP contribution < -0.4 is 0 Å². The van der Waals surface area contributed by atoms with Gasteiger partial charge in [0.25, 0.3) is 0 Å². The highest BCUT2D eigenvalue weighted by atomic mass is 35.5. The van der Waals surface area contributed by atoms with Crippen LogP contribution in [-0.2, 0) is 14.3 Å². The van der Waals surface area contributed by atoms with Crippen LogP contribution in [0.5, 0.6) is 0 Å². The Balaban J connectivity index is 2.11. The molecule has 0 spiro atoms. The van der Waals surface area contributed by atoms with Crippen LogP contribution in [0.1, 0.15) is 65.2 Å². The van der Waals surface area contributed by atoms with E-state index in [1.807, 2.05) is 0 Å². The summed E-state index contributed by atoms with van der Waals surface area (Å²) in [5, 5.41) is -0.490. The number of alkyl halides is 1. The fourth-order valence-electron chi connectivity index (χ4n) is 2.76. The van der Waals surface area contributed by atoms with Crippen molar-refractivity contribution in [1.82, 2.24) is 4.90 Å².